The van der Waals surface area contributed by atoms with Crippen LogP contribution in [0.2, 0.25) is 0 Å². The van der Waals surface area contributed by atoms with Gasteiger partial charge in [0.2, 0.25) is 0 Å². The van der Waals surface area contributed by atoms with Crippen LogP contribution < -0.4 is 5.11 Å². The maximum absolute atomic E-state index is 10.2. The average molecular weight is 464 g/mol. The largest absolute Gasteiger partial charge is 3.00 e. The molecule has 0 atom stereocenters. The van der Waals surface area contributed by atoms with Crippen molar-refractivity contribution in [3.05, 3.63) is 0 Å². The van der Waals surface area contributed by atoms with Gasteiger partial charge in [-0.3, -0.25) is 0 Å². The van der Waals surface area contributed by atoms with Crippen molar-refractivity contribution in [2.45, 2.75) is 110 Å². The number of carbonyl (C=O) groups is 1. The molecule has 0 aliphatic carbocycles. The number of hydrogen-bond acceptors (Lipinski definition) is 2. The molecule has 0 heterocycles. The van der Waals surface area contributed by atoms with E-state index in [4.69, 9.17) is 0 Å². The molecule has 0 aliphatic heterocycles. The molecule has 0 saturated heterocycles. The minimum Gasteiger partial charge on any atom is -2.00 e. The first-order valence-corrected chi connectivity index (χ1v) is 8.97. The van der Waals surface area contributed by atoms with Gasteiger partial charge in [-0.15, -0.1) is 0 Å². The first-order chi connectivity index (χ1) is 9.77. The molecule has 0 aliphatic rings. The molecule has 129 valence electrons. The number of carboxylic acids is 1. The van der Waals surface area contributed by atoms with Crippen molar-refractivity contribution in [1.29, 1.82) is 0 Å². The molecule has 0 rings (SSSR count). The summed E-state index contributed by atoms with van der Waals surface area (Å²) in [7, 11) is 0. The molecule has 0 saturated carbocycles. The van der Waals surface area contributed by atoms with Crippen molar-refractivity contribution in [1.82, 2.24) is 0 Å². The average Bonchev–Trinajstić information content (AvgIpc) is 2.43. The van der Waals surface area contributed by atoms with Crippen molar-refractivity contribution in [2.75, 3.05) is 0 Å². The Balaban J connectivity index is -0.000000602. The van der Waals surface area contributed by atoms with Crippen LogP contribution in [0.15, 0.2) is 0 Å². The van der Waals surface area contributed by atoms with Gasteiger partial charge in [-0.1, -0.05) is 96.8 Å². The van der Waals surface area contributed by atoms with E-state index in [1.54, 1.807) is 0 Å². The third-order valence-corrected chi connectivity index (χ3v) is 3.98. The van der Waals surface area contributed by atoms with Gasteiger partial charge < -0.3 is 15.4 Å². The zero-order valence-electron chi connectivity index (χ0n) is 15.2. The van der Waals surface area contributed by atoms with Gasteiger partial charge in [-0.2, -0.15) is 0 Å². The number of rotatable bonds is 16. The first kappa shape index (κ1) is 32.3. The summed E-state index contributed by atoms with van der Waals surface area (Å²) in [5, 5.41) is 10.2. The van der Waals surface area contributed by atoms with E-state index in [2.05, 4.69) is 6.92 Å². The summed E-state index contributed by atoms with van der Waals surface area (Å²) in [6.07, 6.45) is 19.9. The SMILES string of the molecule is CCCCCCCCCCCCCCCCCC(=O)[O-].[Ce+3].[Mg+2].[O-2]. The summed E-state index contributed by atoms with van der Waals surface area (Å²) in [4.78, 5) is 10.2. The Morgan fingerprint density at radius 2 is 0.913 bits per heavy atom. The zero-order valence-corrected chi connectivity index (χ0v) is 19.8. The zero-order chi connectivity index (χ0) is 14.9. The van der Waals surface area contributed by atoms with Crippen LogP contribution in [0.3, 0.4) is 0 Å². The Labute approximate surface area is 194 Å². The van der Waals surface area contributed by atoms with Crippen LogP contribution >= 0.6 is 0 Å². The second-order valence-electron chi connectivity index (χ2n) is 6.07. The number of carbonyl (C=O) groups excluding carboxylic acids is 1. The summed E-state index contributed by atoms with van der Waals surface area (Å²) < 4.78 is 0. The van der Waals surface area contributed by atoms with E-state index in [9.17, 15) is 9.90 Å². The van der Waals surface area contributed by atoms with E-state index in [0.29, 0.717) is 0 Å². The molecular weight excluding hydrogens is 429 g/mol. The predicted molar refractivity (Wildman–Crippen MR) is 91.0 cm³/mol. The van der Waals surface area contributed by atoms with Crippen LogP contribution in [-0.4, -0.2) is 29.0 Å². The van der Waals surface area contributed by atoms with Crippen LogP contribution in [0.1, 0.15) is 110 Å². The second-order valence-corrected chi connectivity index (χ2v) is 6.07. The maximum atomic E-state index is 10.2. The Hall–Kier alpha value is 1.57. The van der Waals surface area contributed by atoms with Gasteiger partial charge in [0.25, 0.3) is 0 Å². The quantitative estimate of drug-likeness (QED) is 0.250. The molecule has 0 unspecified atom stereocenters. The molecule has 0 aromatic rings. The summed E-state index contributed by atoms with van der Waals surface area (Å²) >= 11 is 0. The normalized spacial score (nSPS) is 9.43. The molecule has 0 spiro atoms. The molecule has 0 amide bonds. The molecule has 1 radical (unpaired) electrons. The fourth-order valence-corrected chi connectivity index (χ4v) is 2.64. The standard InChI is InChI=1S/C18H36O2.Ce.Mg.O/c1-2-3-4-5-6-7-8-9-10-11-12-13-14-15-16-17-18(19)20;;;/h2-17H2,1H3,(H,19,20);;;/q;+3;+2;-2/p-1. The molecule has 23 heavy (non-hydrogen) atoms. The summed E-state index contributed by atoms with van der Waals surface area (Å²) in [5.74, 6) is -0.903. The van der Waals surface area contributed by atoms with E-state index in [-0.39, 0.29) is 76.7 Å². The third kappa shape index (κ3) is 31.8. The van der Waals surface area contributed by atoms with Gasteiger partial charge in [0.05, 0.1) is 0 Å². The molecule has 0 aromatic carbocycles. The van der Waals surface area contributed by atoms with Crippen LogP contribution in [-0.2, 0) is 10.3 Å². The Bertz CT molecular complexity index is 216. The van der Waals surface area contributed by atoms with Gasteiger partial charge in [-0.05, 0) is 12.8 Å². The topological polar surface area (TPSA) is 68.6 Å². The fourth-order valence-electron chi connectivity index (χ4n) is 2.64. The van der Waals surface area contributed by atoms with Crippen LogP contribution in [0.5, 0.6) is 0 Å². The molecule has 0 bridgehead atoms. The summed E-state index contributed by atoms with van der Waals surface area (Å²) in [6.45, 7) is 2.27. The van der Waals surface area contributed by atoms with Crippen molar-refractivity contribution < 1.29 is 57.1 Å². The molecular formula is C18H35CeMgO3+2. The molecule has 0 fully saturated rings. The molecule has 0 N–H and O–H groups in total. The summed E-state index contributed by atoms with van der Waals surface area (Å²) in [5.41, 5.74) is 0. The Kier molecular flexibility index (Phi) is 39.8. The smallest absolute Gasteiger partial charge is 2.00 e. The van der Waals surface area contributed by atoms with Crippen LogP contribution in [0.25, 0.3) is 0 Å². The van der Waals surface area contributed by atoms with E-state index < -0.39 is 5.97 Å². The monoisotopic (exact) mass is 463 g/mol. The van der Waals surface area contributed by atoms with Gasteiger partial charge in [-0.25, -0.2) is 0 Å². The molecule has 5 heteroatoms. The van der Waals surface area contributed by atoms with Gasteiger partial charge >= 0.3 is 64.8 Å². The van der Waals surface area contributed by atoms with Gasteiger partial charge in [0.15, 0.2) is 0 Å². The minimum atomic E-state index is -0.903. The van der Waals surface area contributed by atoms with Crippen molar-refractivity contribution in [3.63, 3.8) is 0 Å². The first-order valence-electron chi connectivity index (χ1n) is 8.97. The van der Waals surface area contributed by atoms with Crippen molar-refractivity contribution in [2.24, 2.45) is 0 Å². The van der Waals surface area contributed by atoms with Crippen molar-refractivity contribution >= 4 is 29.0 Å². The van der Waals surface area contributed by atoms with E-state index >= 15 is 0 Å². The number of unbranched alkanes of at least 4 members (excludes halogenated alkanes) is 14. The Morgan fingerprint density at radius 1 is 0.652 bits per heavy atom. The molecule has 0 aromatic heterocycles. The fraction of sp³-hybridized carbons (Fsp3) is 0.944. The molecule has 3 nitrogen and oxygen atoms in total. The summed E-state index contributed by atoms with van der Waals surface area (Å²) in [6, 6.07) is 0. The third-order valence-electron chi connectivity index (χ3n) is 3.98. The van der Waals surface area contributed by atoms with Crippen molar-refractivity contribution in [3.8, 4) is 0 Å². The predicted octanol–water partition coefficient (Wildman–Crippen LogP) is 4.50. The van der Waals surface area contributed by atoms with Gasteiger partial charge in [0.1, 0.15) is 0 Å². The number of hydrogen-bond donors (Lipinski definition) is 0. The Morgan fingerprint density at radius 3 is 1.17 bits per heavy atom. The number of carboxylic acid groups (broad SMARTS) is 1. The minimum absolute atomic E-state index is 0. The van der Waals surface area contributed by atoms with E-state index in [1.807, 2.05) is 0 Å². The van der Waals surface area contributed by atoms with Gasteiger partial charge in [0, 0.05) is 5.97 Å². The van der Waals surface area contributed by atoms with E-state index in [0.717, 1.165) is 12.8 Å². The van der Waals surface area contributed by atoms with E-state index in [1.165, 1.54) is 83.5 Å². The van der Waals surface area contributed by atoms with Crippen LogP contribution in [0.4, 0.5) is 0 Å². The van der Waals surface area contributed by atoms with Crippen LogP contribution in [0, 0.1) is 41.7 Å². The number of aliphatic carboxylic acids is 1. The second kappa shape index (κ2) is 28.4. The maximum Gasteiger partial charge on any atom is 3.00 e.